The number of nitro benzene ring substituents is 2. The maximum Gasteiger partial charge on any atom is 0.337 e. The van der Waals surface area contributed by atoms with Crippen LogP contribution in [-0.4, -0.2) is 57.0 Å². The smallest absolute Gasteiger partial charge is 0.337 e. The molecule has 0 aliphatic heterocycles. The van der Waals surface area contributed by atoms with Crippen molar-refractivity contribution in [3.05, 3.63) is 127 Å². The topological polar surface area (TPSA) is 238 Å². The van der Waals surface area contributed by atoms with Gasteiger partial charge in [-0.2, -0.15) is 0 Å². The van der Waals surface area contributed by atoms with Crippen LogP contribution in [0.3, 0.4) is 0 Å². The van der Waals surface area contributed by atoms with Crippen LogP contribution in [0.5, 0.6) is 11.5 Å². The molecule has 4 aromatic carbocycles. The van der Waals surface area contributed by atoms with Crippen molar-refractivity contribution < 1.29 is 48.7 Å². The fourth-order valence-electron chi connectivity index (χ4n) is 4.25. The Balaban J connectivity index is 1.41. The maximum absolute atomic E-state index is 12.4. The molecule has 0 bridgehead atoms. The average Bonchev–Trinajstić information content (AvgIpc) is 3.04. The summed E-state index contributed by atoms with van der Waals surface area (Å²) in [6.07, 6.45) is 0.0921. The second-order valence-electron chi connectivity index (χ2n) is 9.73. The number of carboxylic acids is 2. The number of ether oxygens (including phenoxy) is 2. The van der Waals surface area contributed by atoms with E-state index in [1.807, 2.05) is 0 Å². The zero-order valence-corrected chi connectivity index (χ0v) is 24.1. The molecule has 4 aromatic rings. The number of carbonyl (C=O) groups excluding carboxylic acids is 2. The number of nitro groups is 2. The molecule has 0 unspecified atom stereocenters. The third-order valence-corrected chi connectivity index (χ3v) is 6.38. The van der Waals surface area contributed by atoms with Gasteiger partial charge in [-0.1, -0.05) is 24.3 Å². The van der Waals surface area contributed by atoms with E-state index in [0.29, 0.717) is 11.1 Å². The molecule has 16 nitrogen and oxygen atoms in total. The van der Waals surface area contributed by atoms with Gasteiger partial charge in [0.1, 0.15) is 11.5 Å². The highest BCUT2D eigenvalue weighted by Gasteiger charge is 2.18. The van der Waals surface area contributed by atoms with Crippen LogP contribution in [0.1, 0.15) is 31.8 Å². The van der Waals surface area contributed by atoms with Crippen molar-refractivity contribution in [3.63, 3.8) is 0 Å². The van der Waals surface area contributed by atoms with Crippen molar-refractivity contribution in [3.8, 4) is 11.5 Å². The summed E-state index contributed by atoms with van der Waals surface area (Å²) in [5.41, 5.74) is -0.109. The quantitative estimate of drug-likeness (QED) is 0.109. The number of nitrogens with zero attached hydrogens (tertiary/aromatic N) is 2. The van der Waals surface area contributed by atoms with Gasteiger partial charge in [-0.3, -0.25) is 29.8 Å². The zero-order chi connectivity index (χ0) is 34.1. The van der Waals surface area contributed by atoms with Gasteiger partial charge in [0.15, 0.2) is 13.2 Å². The second kappa shape index (κ2) is 14.8. The van der Waals surface area contributed by atoms with Crippen LogP contribution >= 0.6 is 0 Å². The molecule has 16 heteroatoms. The highest BCUT2D eigenvalue weighted by atomic mass is 16.6. The Labute approximate surface area is 264 Å². The van der Waals surface area contributed by atoms with Crippen LogP contribution < -0.4 is 20.1 Å². The first kappa shape index (κ1) is 33.1. The van der Waals surface area contributed by atoms with E-state index in [4.69, 9.17) is 9.47 Å². The Bertz CT molecular complexity index is 1760. The Kier molecular flexibility index (Phi) is 10.4. The lowest BCUT2D eigenvalue weighted by Gasteiger charge is -2.13. The molecule has 0 aliphatic carbocycles. The van der Waals surface area contributed by atoms with Gasteiger partial charge in [0, 0.05) is 12.1 Å². The minimum absolute atomic E-state index is 0.0366. The Morgan fingerprint density at radius 2 is 1.02 bits per heavy atom. The van der Waals surface area contributed by atoms with Crippen LogP contribution in [0.15, 0.2) is 84.9 Å². The number of amides is 2. The first-order valence-electron chi connectivity index (χ1n) is 13.5. The van der Waals surface area contributed by atoms with E-state index in [0.717, 1.165) is 12.1 Å². The van der Waals surface area contributed by atoms with Gasteiger partial charge >= 0.3 is 11.9 Å². The summed E-state index contributed by atoms with van der Waals surface area (Å²) in [6.45, 7) is -1.10. The first-order valence-corrected chi connectivity index (χ1v) is 13.5. The molecule has 47 heavy (non-hydrogen) atoms. The third-order valence-electron chi connectivity index (χ3n) is 6.38. The van der Waals surface area contributed by atoms with Crippen molar-refractivity contribution in [2.75, 3.05) is 23.8 Å². The summed E-state index contributed by atoms with van der Waals surface area (Å²) in [5.74, 6) is -3.99. The number of non-ortho nitro benzene ring substituents is 2. The third kappa shape index (κ3) is 9.08. The zero-order valence-electron chi connectivity index (χ0n) is 24.1. The fourth-order valence-corrected chi connectivity index (χ4v) is 4.25. The molecular formula is C31H24N4O12. The van der Waals surface area contributed by atoms with E-state index in [1.165, 1.54) is 72.8 Å². The van der Waals surface area contributed by atoms with E-state index in [2.05, 4.69) is 10.6 Å². The highest BCUT2D eigenvalue weighted by molar-refractivity contribution is 6.02. The number of nitrogens with one attached hydrogen (secondary N) is 2. The molecule has 0 fully saturated rings. The van der Waals surface area contributed by atoms with Crippen LogP contribution in [-0.2, 0) is 16.0 Å². The van der Waals surface area contributed by atoms with Crippen LogP contribution in [0.4, 0.5) is 22.7 Å². The van der Waals surface area contributed by atoms with E-state index in [1.54, 1.807) is 0 Å². The summed E-state index contributed by atoms with van der Waals surface area (Å²) in [4.78, 5) is 69.4. The number of rotatable bonds is 14. The van der Waals surface area contributed by atoms with Crippen molar-refractivity contribution >= 4 is 46.5 Å². The van der Waals surface area contributed by atoms with Gasteiger partial charge in [0.05, 0.1) is 44.5 Å². The van der Waals surface area contributed by atoms with Gasteiger partial charge in [0.2, 0.25) is 0 Å². The molecule has 0 aromatic heterocycles. The number of carboxylic acid groups (broad SMARTS) is 2. The van der Waals surface area contributed by atoms with E-state index in [9.17, 15) is 49.6 Å². The molecular weight excluding hydrogens is 620 g/mol. The van der Waals surface area contributed by atoms with Gasteiger partial charge in [-0.15, -0.1) is 0 Å². The van der Waals surface area contributed by atoms with E-state index in [-0.39, 0.29) is 51.8 Å². The first-order chi connectivity index (χ1) is 22.4. The average molecular weight is 645 g/mol. The minimum Gasteiger partial charge on any atom is -0.484 e. The van der Waals surface area contributed by atoms with Gasteiger partial charge in [-0.05, 0) is 53.9 Å². The molecule has 0 atom stereocenters. The van der Waals surface area contributed by atoms with Crippen molar-refractivity contribution in [2.45, 2.75) is 6.42 Å². The highest BCUT2D eigenvalue weighted by Crippen LogP contribution is 2.24. The van der Waals surface area contributed by atoms with Crippen LogP contribution in [0.25, 0.3) is 0 Å². The van der Waals surface area contributed by atoms with Crippen molar-refractivity contribution in [1.29, 1.82) is 0 Å². The number of carbonyl (C=O) groups is 4. The normalized spacial score (nSPS) is 10.4. The summed E-state index contributed by atoms with van der Waals surface area (Å²) in [6, 6.07) is 18.8. The van der Waals surface area contributed by atoms with Gasteiger partial charge in [0.25, 0.3) is 23.2 Å². The maximum atomic E-state index is 12.4. The molecule has 0 spiro atoms. The number of hydrogen-bond acceptors (Lipinski definition) is 10. The number of anilines is 2. The molecule has 2 amide bonds. The summed E-state index contributed by atoms with van der Waals surface area (Å²) in [7, 11) is 0. The SMILES string of the molecule is O=C(COc1cccc([N+](=O)[O-])c1)Nc1ccc(Cc2ccc(NC(=O)COc3cccc([N+](=O)[O-])c3)c(C(=O)O)c2)cc1C(=O)O. The predicted octanol–water partition coefficient (Wildman–Crippen LogP) is 4.53. The van der Waals surface area contributed by atoms with Crippen molar-refractivity contribution in [2.24, 2.45) is 0 Å². The monoisotopic (exact) mass is 644 g/mol. The lowest BCUT2D eigenvalue weighted by molar-refractivity contribution is -0.385. The number of benzene rings is 4. The molecule has 0 aliphatic rings. The summed E-state index contributed by atoms with van der Waals surface area (Å²) >= 11 is 0. The minimum atomic E-state index is -1.35. The van der Waals surface area contributed by atoms with Crippen molar-refractivity contribution in [1.82, 2.24) is 0 Å². The molecule has 4 N–H and O–H groups in total. The Morgan fingerprint density at radius 3 is 1.38 bits per heavy atom. The standard InChI is InChI=1S/C31H24N4O12/c36-28(16-46-22-5-1-3-20(14-22)34(42)43)32-26-9-7-18(12-24(26)30(38)39)11-19-8-10-27(25(13-19)31(40)41)33-29(37)17-47-23-6-2-4-21(15-23)35(44)45/h1-10,12-15H,11,16-17H2,(H,32,36)(H,33,37)(H,38,39)(H,40,41). The molecule has 240 valence electrons. The molecule has 0 saturated carbocycles. The van der Waals surface area contributed by atoms with E-state index < -0.39 is 46.8 Å². The predicted molar refractivity (Wildman–Crippen MR) is 164 cm³/mol. The molecule has 4 rings (SSSR count). The lowest BCUT2D eigenvalue weighted by Crippen LogP contribution is -2.22. The van der Waals surface area contributed by atoms with Gasteiger partial charge < -0.3 is 30.3 Å². The molecule has 0 heterocycles. The molecule has 0 saturated heterocycles. The Morgan fingerprint density at radius 1 is 0.617 bits per heavy atom. The number of hydrogen-bond donors (Lipinski definition) is 4. The molecule has 0 radical (unpaired) electrons. The second-order valence-corrected chi connectivity index (χ2v) is 9.73. The summed E-state index contributed by atoms with van der Waals surface area (Å²) < 4.78 is 10.6. The number of aromatic carboxylic acids is 2. The van der Waals surface area contributed by atoms with Gasteiger partial charge in [-0.25, -0.2) is 9.59 Å². The lowest BCUT2D eigenvalue weighted by atomic mass is 9.99. The van der Waals surface area contributed by atoms with Crippen LogP contribution in [0.2, 0.25) is 0 Å². The largest absolute Gasteiger partial charge is 0.484 e. The fraction of sp³-hybridized carbons (Fsp3) is 0.0968. The van der Waals surface area contributed by atoms with Crippen LogP contribution in [0, 0.1) is 20.2 Å². The van der Waals surface area contributed by atoms with E-state index >= 15 is 0 Å². The summed E-state index contributed by atoms with van der Waals surface area (Å²) in [5, 5.41) is 46.2. The Hall–Kier alpha value is -6.84.